The Morgan fingerprint density at radius 2 is 1.88 bits per heavy atom. The van der Waals surface area contributed by atoms with E-state index in [0.717, 1.165) is 31.8 Å². The molecule has 16 heavy (non-hydrogen) atoms. The van der Waals surface area contributed by atoms with Crippen molar-refractivity contribution < 1.29 is 9.53 Å². The number of rotatable bonds is 2. The zero-order valence-electron chi connectivity index (χ0n) is 11.1. The lowest BCUT2D eigenvalue weighted by Gasteiger charge is -2.33. The van der Waals surface area contributed by atoms with E-state index in [-0.39, 0.29) is 11.7 Å². The molecule has 1 amide bonds. The van der Waals surface area contributed by atoms with Gasteiger partial charge >= 0.3 is 6.09 Å². The minimum atomic E-state index is -0.378. The van der Waals surface area contributed by atoms with Gasteiger partial charge in [0.1, 0.15) is 5.60 Å². The maximum absolute atomic E-state index is 11.8. The van der Waals surface area contributed by atoms with Crippen LogP contribution < -0.4 is 0 Å². The van der Waals surface area contributed by atoms with Crippen molar-refractivity contribution in [2.24, 2.45) is 5.92 Å². The summed E-state index contributed by atoms with van der Waals surface area (Å²) in [7, 11) is 0. The van der Waals surface area contributed by atoms with Gasteiger partial charge in [-0.3, -0.25) is 0 Å². The summed E-state index contributed by atoms with van der Waals surface area (Å²) >= 11 is 0. The molecule has 1 aliphatic rings. The van der Waals surface area contributed by atoms with Crippen LogP contribution in [0.1, 0.15) is 53.4 Å². The molecule has 0 unspecified atom stereocenters. The molecule has 94 valence electrons. The number of piperidine rings is 1. The maximum atomic E-state index is 11.8. The highest BCUT2D eigenvalue weighted by Gasteiger charge is 2.26. The summed E-state index contributed by atoms with van der Waals surface area (Å²) in [5.74, 6) is 0.809. The summed E-state index contributed by atoms with van der Waals surface area (Å²) in [5, 5.41) is 0. The van der Waals surface area contributed by atoms with E-state index in [1.54, 1.807) is 0 Å². The fourth-order valence-corrected chi connectivity index (χ4v) is 2.14. The van der Waals surface area contributed by atoms with Gasteiger partial charge in [-0.2, -0.15) is 0 Å². The van der Waals surface area contributed by atoms with Gasteiger partial charge in [0.2, 0.25) is 0 Å². The normalized spacial score (nSPS) is 18.6. The first-order valence-electron chi connectivity index (χ1n) is 6.40. The summed E-state index contributed by atoms with van der Waals surface area (Å²) in [6, 6.07) is 0. The molecule has 1 heterocycles. The minimum absolute atomic E-state index is 0.151. The summed E-state index contributed by atoms with van der Waals surface area (Å²) < 4.78 is 5.36. The van der Waals surface area contributed by atoms with Gasteiger partial charge in [0.15, 0.2) is 0 Å². The molecule has 0 spiro atoms. The average molecular weight is 227 g/mol. The van der Waals surface area contributed by atoms with Gasteiger partial charge in [-0.25, -0.2) is 4.79 Å². The molecular weight excluding hydrogens is 202 g/mol. The molecule has 0 aromatic heterocycles. The van der Waals surface area contributed by atoms with Gasteiger partial charge < -0.3 is 9.64 Å². The SMILES string of the molecule is CCCC1CCN(C(=O)OC(C)(C)C)CC1. The second kappa shape index (κ2) is 5.55. The molecule has 3 heteroatoms. The molecule has 0 saturated carbocycles. The summed E-state index contributed by atoms with van der Waals surface area (Å²) in [6.07, 6.45) is 4.65. The van der Waals surface area contributed by atoms with Crippen LogP contribution in [0.25, 0.3) is 0 Å². The quantitative estimate of drug-likeness (QED) is 0.723. The van der Waals surface area contributed by atoms with Crippen molar-refractivity contribution in [2.75, 3.05) is 13.1 Å². The lowest BCUT2D eigenvalue weighted by atomic mass is 9.93. The van der Waals surface area contributed by atoms with E-state index in [9.17, 15) is 4.79 Å². The summed E-state index contributed by atoms with van der Waals surface area (Å²) in [5.41, 5.74) is -0.378. The van der Waals surface area contributed by atoms with Crippen molar-refractivity contribution in [2.45, 2.75) is 59.0 Å². The Kier molecular flexibility index (Phi) is 4.63. The van der Waals surface area contributed by atoms with Crippen LogP contribution in [0.3, 0.4) is 0 Å². The predicted molar refractivity (Wildman–Crippen MR) is 65.4 cm³/mol. The molecule has 1 rings (SSSR count). The topological polar surface area (TPSA) is 29.5 Å². The van der Waals surface area contributed by atoms with E-state index < -0.39 is 0 Å². The molecule has 0 atom stereocenters. The highest BCUT2D eigenvalue weighted by Crippen LogP contribution is 2.22. The van der Waals surface area contributed by atoms with Gasteiger partial charge in [0, 0.05) is 13.1 Å². The third-order valence-electron chi connectivity index (χ3n) is 2.96. The van der Waals surface area contributed by atoms with E-state index in [0.29, 0.717) is 0 Å². The lowest BCUT2D eigenvalue weighted by molar-refractivity contribution is 0.0181. The van der Waals surface area contributed by atoms with Crippen LogP contribution in [0.2, 0.25) is 0 Å². The van der Waals surface area contributed by atoms with E-state index >= 15 is 0 Å². The first-order valence-corrected chi connectivity index (χ1v) is 6.40. The van der Waals surface area contributed by atoms with Crippen molar-refractivity contribution in [3.05, 3.63) is 0 Å². The van der Waals surface area contributed by atoms with E-state index in [4.69, 9.17) is 4.74 Å². The Labute approximate surface area is 99.1 Å². The minimum Gasteiger partial charge on any atom is -0.444 e. The highest BCUT2D eigenvalue weighted by molar-refractivity contribution is 5.68. The fourth-order valence-electron chi connectivity index (χ4n) is 2.14. The largest absolute Gasteiger partial charge is 0.444 e. The molecular formula is C13H25NO2. The number of hydrogen-bond donors (Lipinski definition) is 0. The number of likely N-dealkylation sites (tertiary alicyclic amines) is 1. The van der Waals surface area contributed by atoms with Gasteiger partial charge in [-0.15, -0.1) is 0 Å². The molecule has 0 N–H and O–H groups in total. The molecule has 0 bridgehead atoms. The van der Waals surface area contributed by atoms with E-state index in [1.165, 1.54) is 12.8 Å². The standard InChI is InChI=1S/C13H25NO2/c1-5-6-11-7-9-14(10-8-11)12(15)16-13(2,3)4/h11H,5-10H2,1-4H3. The van der Waals surface area contributed by atoms with Crippen molar-refractivity contribution in [1.82, 2.24) is 4.90 Å². The Balaban J connectivity index is 2.33. The van der Waals surface area contributed by atoms with Crippen LogP contribution in [0.5, 0.6) is 0 Å². The number of ether oxygens (including phenoxy) is 1. The summed E-state index contributed by atoms with van der Waals surface area (Å²) in [6.45, 7) is 9.68. The fraction of sp³-hybridized carbons (Fsp3) is 0.923. The second-order valence-electron chi connectivity index (χ2n) is 5.70. The van der Waals surface area contributed by atoms with E-state index in [2.05, 4.69) is 6.92 Å². The van der Waals surface area contributed by atoms with Gasteiger partial charge in [-0.1, -0.05) is 19.8 Å². The van der Waals surface area contributed by atoms with Gasteiger partial charge in [0.25, 0.3) is 0 Å². The molecule has 0 aromatic carbocycles. The smallest absolute Gasteiger partial charge is 0.410 e. The molecule has 0 radical (unpaired) electrons. The first-order chi connectivity index (χ1) is 7.42. The average Bonchev–Trinajstić information content (AvgIpc) is 2.16. The van der Waals surface area contributed by atoms with Crippen LogP contribution in [0, 0.1) is 5.92 Å². The Hall–Kier alpha value is -0.730. The third-order valence-corrected chi connectivity index (χ3v) is 2.96. The summed E-state index contributed by atoms with van der Waals surface area (Å²) in [4.78, 5) is 13.6. The zero-order chi connectivity index (χ0) is 12.2. The molecule has 1 saturated heterocycles. The molecule has 1 aliphatic heterocycles. The molecule has 0 aromatic rings. The van der Waals surface area contributed by atoms with Crippen molar-refractivity contribution >= 4 is 6.09 Å². The van der Waals surface area contributed by atoms with Crippen LogP contribution in [-0.2, 0) is 4.74 Å². The highest BCUT2D eigenvalue weighted by atomic mass is 16.6. The van der Waals surface area contributed by atoms with Crippen LogP contribution in [-0.4, -0.2) is 29.7 Å². The monoisotopic (exact) mass is 227 g/mol. The molecule has 3 nitrogen and oxygen atoms in total. The van der Waals surface area contributed by atoms with Gasteiger partial charge in [-0.05, 0) is 39.5 Å². The van der Waals surface area contributed by atoms with Crippen LogP contribution in [0.15, 0.2) is 0 Å². The number of carbonyl (C=O) groups is 1. The molecule has 1 fully saturated rings. The Morgan fingerprint density at radius 1 is 1.31 bits per heavy atom. The third kappa shape index (κ3) is 4.42. The number of carbonyl (C=O) groups excluding carboxylic acids is 1. The van der Waals surface area contributed by atoms with Crippen LogP contribution >= 0.6 is 0 Å². The zero-order valence-corrected chi connectivity index (χ0v) is 11.1. The predicted octanol–water partition coefficient (Wildman–Crippen LogP) is 3.43. The van der Waals surface area contributed by atoms with Crippen LogP contribution in [0.4, 0.5) is 4.79 Å². The molecule has 0 aliphatic carbocycles. The Morgan fingerprint density at radius 3 is 2.31 bits per heavy atom. The van der Waals surface area contributed by atoms with Crippen molar-refractivity contribution in [3.8, 4) is 0 Å². The second-order valence-corrected chi connectivity index (χ2v) is 5.70. The first kappa shape index (κ1) is 13.3. The number of nitrogens with zero attached hydrogens (tertiary/aromatic N) is 1. The lowest BCUT2D eigenvalue weighted by Crippen LogP contribution is -2.41. The van der Waals surface area contributed by atoms with Crippen molar-refractivity contribution in [1.29, 1.82) is 0 Å². The maximum Gasteiger partial charge on any atom is 0.410 e. The van der Waals surface area contributed by atoms with Crippen molar-refractivity contribution in [3.63, 3.8) is 0 Å². The number of hydrogen-bond acceptors (Lipinski definition) is 2. The van der Waals surface area contributed by atoms with E-state index in [1.807, 2.05) is 25.7 Å². The number of amides is 1. The Bertz CT molecular complexity index is 225. The van der Waals surface area contributed by atoms with Gasteiger partial charge in [0.05, 0.1) is 0 Å².